The Labute approximate surface area is 111 Å². The molecule has 0 aliphatic heterocycles. The van der Waals surface area contributed by atoms with Gasteiger partial charge in [0.1, 0.15) is 11.5 Å². The average molecular weight is 267 g/mol. The Balaban J connectivity index is 3.35. The van der Waals surface area contributed by atoms with E-state index in [1.807, 2.05) is 0 Å². The fourth-order valence-electron chi connectivity index (χ4n) is 1.74. The molecule has 0 aromatic heterocycles. The van der Waals surface area contributed by atoms with Gasteiger partial charge in [-0.15, -0.1) is 0 Å². The Morgan fingerprint density at radius 1 is 1.26 bits per heavy atom. The van der Waals surface area contributed by atoms with Crippen LogP contribution in [0, 0.1) is 0 Å². The number of benzene rings is 1. The number of hydrogen-bond acceptors (Lipinski definition) is 4. The fraction of sp³-hybridized carbons (Fsp3) is 0.385. The van der Waals surface area contributed by atoms with E-state index in [0.29, 0.717) is 17.1 Å². The smallest absolute Gasteiger partial charge is 0.331 e. The van der Waals surface area contributed by atoms with Crippen molar-refractivity contribution in [2.24, 2.45) is 0 Å². The van der Waals surface area contributed by atoms with Crippen molar-refractivity contribution in [2.75, 3.05) is 21.3 Å². The van der Waals surface area contributed by atoms with Crippen molar-refractivity contribution >= 4 is 11.9 Å². The van der Waals surface area contributed by atoms with Gasteiger partial charge in [0.15, 0.2) is 6.04 Å². The summed E-state index contributed by atoms with van der Waals surface area (Å²) in [4.78, 5) is 24.0. The van der Waals surface area contributed by atoms with E-state index in [-0.39, 0.29) is 5.91 Å². The number of carboxylic acid groups (broad SMARTS) is 1. The van der Waals surface area contributed by atoms with Crippen LogP contribution >= 0.6 is 0 Å². The maximum Gasteiger partial charge on any atom is 0.331 e. The van der Waals surface area contributed by atoms with Crippen molar-refractivity contribution in [1.29, 1.82) is 0 Å². The molecule has 1 aromatic carbocycles. The zero-order chi connectivity index (χ0) is 14.6. The van der Waals surface area contributed by atoms with Crippen LogP contribution in [0.5, 0.6) is 11.5 Å². The number of methoxy groups -OCH3 is 2. The highest BCUT2D eigenvalue weighted by Gasteiger charge is 2.29. The normalized spacial score (nSPS) is 11.6. The zero-order valence-corrected chi connectivity index (χ0v) is 11.3. The Morgan fingerprint density at radius 2 is 1.89 bits per heavy atom. The molecule has 0 fully saturated rings. The molecule has 0 saturated carbocycles. The first-order valence-corrected chi connectivity index (χ1v) is 5.60. The van der Waals surface area contributed by atoms with Crippen LogP contribution in [0.15, 0.2) is 18.2 Å². The van der Waals surface area contributed by atoms with Gasteiger partial charge in [-0.1, -0.05) is 0 Å². The van der Waals surface area contributed by atoms with Crippen molar-refractivity contribution in [3.05, 3.63) is 23.8 Å². The fourth-order valence-corrected chi connectivity index (χ4v) is 1.74. The molecule has 0 bridgehead atoms. The van der Waals surface area contributed by atoms with E-state index in [1.54, 1.807) is 18.2 Å². The Kier molecular flexibility index (Phi) is 4.74. The van der Waals surface area contributed by atoms with Gasteiger partial charge in [0, 0.05) is 19.5 Å². The molecule has 1 unspecified atom stereocenters. The first kappa shape index (κ1) is 14.8. The van der Waals surface area contributed by atoms with Crippen molar-refractivity contribution in [3.63, 3.8) is 0 Å². The lowest BCUT2D eigenvalue weighted by molar-refractivity contribution is -0.148. The molecule has 1 atom stereocenters. The van der Waals surface area contributed by atoms with Crippen LogP contribution in [0.3, 0.4) is 0 Å². The molecule has 104 valence electrons. The standard InChI is InChI=1S/C13H17NO5/c1-8(15)14(2)12(13(16)17)10-7-9(18-3)5-6-11(10)19-4/h5-7,12H,1-4H3,(H,16,17). The zero-order valence-electron chi connectivity index (χ0n) is 11.3. The van der Waals surface area contributed by atoms with Crippen LogP contribution in [0.2, 0.25) is 0 Å². The molecule has 1 rings (SSSR count). The summed E-state index contributed by atoms with van der Waals surface area (Å²) in [5.74, 6) is -0.596. The van der Waals surface area contributed by atoms with Crippen LogP contribution in [0.1, 0.15) is 18.5 Å². The molecule has 0 heterocycles. The molecule has 0 radical (unpaired) electrons. The van der Waals surface area contributed by atoms with E-state index in [1.165, 1.54) is 28.2 Å². The number of ether oxygens (including phenoxy) is 2. The maximum atomic E-state index is 11.4. The highest BCUT2D eigenvalue weighted by molar-refractivity contribution is 5.84. The van der Waals surface area contributed by atoms with Gasteiger partial charge >= 0.3 is 5.97 Å². The summed E-state index contributed by atoms with van der Waals surface area (Å²) in [6, 6.07) is 3.70. The van der Waals surface area contributed by atoms with Gasteiger partial charge in [-0.25, -0.2) is 4.79 Å². The van der Waals surface area contributed by atoms with Gasteiger partial charge in [-0.2, -0.15) is 0 Å². The molecule has 6 nitrogen and oxygen atoms in total. The third kappa shape index (κ3) is 3.15. The summed E-state index contributed by atoms with van der Waals surface area (Å²) in [5, 5.41) is 9.34. The van der Waals surface area contributed by atoms with Crippen molar-refractivity contribution in [2.45, 2.75) is 13.0 Å². The Hall–Kier alpha value is -2.24. The molecule has 1 amide bonds. The number of hydrogen-bond donors (Lipinski definition) is 1. The second kappa shape index (κ2) is 6.08. The minimum atomic E-state index is -1.13. The topological polar surface area (TPSA) is 76.1 Å². The predicted molar refractivity (Wildman–Crippen MR) is 68.4 cm³/mol. The van der Waals surface area contributed by atoms with Crippen molar-refractivity contribution in [3.8, 4) is 11.5 Å². The number of carboxylic acids is 1. The average Bonchev–Trinajstić information content (AvgIpc) is 2.38. The number of likely N-dealkylation sites (N-methyl/N-ethyl adjacent to an activating group) is 1. The number of nitrogens with zero attached hydrogens (tertiary/aromatic N) is 1. The van der Waals surface area contributed by atoms with Crippen LogP contribution in [-0.4, -0.2) is 43.2 Å². The largest absolute Gasteiger partial charge is 0.497 e. The summed E-state index contributed by atoms with van der Waals surface area (Å²) in [7, 11) is 4.36. The molecular formula is C13H17NO5. The number of amides is 1. The molecule has 1 N–H and O–H groups in total. The molecule has 0 saturated heterocycles. The van der Waals surface area contributed by atoms with E-state index in [4.69, 9.17) is 9.47 Å². The maximum absolute atomic E-state index is 11.4. The monoisotopic (exact) mass is 267 g/mol. The molecule has 0 aliphatic carbocycles. The summed E-state index contributed by atoms with van der Waals surface area (Å²) < 4.78 is 10.2. The van der Waals surface area contributed by atoms with Gasteiger partial charge < -0.3 is 19.5 Å². The summed E-state index contributed by atoms with van der Waals surface area (Å²) in [6.07, 6.45) is 0. The predicted octanol–water partition coefficient (Wildman–Crippen LogP) is 1.31. The van der Waals surface area contributed by atoms with Gasteiger partial charge in [0.2, 0.25) is 5.91 Å². The first-order valence-electron chi connectivity index (χ1n) is 5.60. The molecule has 0 aliphatic rings. The quantitative estimate of drug-likeness (QED) is 0.870. The third-order valence-electron chi connectivity index (χ3n) is 2.85. The molecule has 0 spiro atoms. The SMILES string of the molecule is COc1ccc(OC)c(C(C(=O)O)N(C)C(C)=O)c1. The number of carbonyl (C=O) groups excluding carboxylic acids is 1. The van der Waals surface area contributed by atoms with E-state index in [2.05, 4.69) is 0 Å². The lowest BCUT2D eigenvalue weighted by atomic mass is 10.0. The van der Waals surface area contributed by atoms with Crippen LogP contribution in [-0.2, 0) is 9.59 Å². The van der Waals surface area contributed by atoms with Crippen LogP contribution < -0.4 is 9.47 Å². The highest BCUT2D eigenvalue weighted by Crippen LogP contribution is 2.32. The van der Waals surface area contributed by atoms with E-state index in [9.17, 15) is 14.7 Å². The first-order chi connectivity index (χ1) is 8.92. The second-order valence-electron chi connectivity index (χ2n) is 3.98. The van der Waals surface area contributed by atoms with E-state index < -0.39 is 12.0 Å². The third-order valence-corrected chi connectivity index (χ3v) is 2.85. The Morgan fingerprint density at radius 3 is 2.32 bits per heavy atom. The molecular weight excluding hydrogens is 250 g/mol. The summed E-state index contributed by atoms with van der Waals surface area (Å²) in [5.41, 5.74) is 0.368. The number of carbonyl (C=O) groups is 2. The molecule has 1 aromatic rings. The van der Waals surface area contributed by atoms with Crippen LogP contribution in [0.25, 0.3) is 0 Å². The second-order valence-corrected chi connectivity index (χ2v) is 3.98. The lowest BCUT2D eigenvalue weighted by Gasteiger charge is -2.25. The van der Waals surface area contributed by atoms with Crippen molar-refractivity contribution in [1.82, 2.24) is 4.90 Å². The van der Waals surface area contributed by atoms with Gasteiger partial charge in [-0.05, 0) is 18.2 Å². The summed E-state index contributed by atoms with van der Waals surface area (Å²) in [6.45, 7) is 1.31. The summed E-state index contributed by atoms with van der Waals surface area (Å²) >= 11 is 0. The number of rotatable bonds is 5. The van der Waals surface area contributed by atoms with E-state index >= 15 is 0 Å². The Bertz CT molecular complexity index is 486. The highest BCUT2D eigenvalue weighted by atomic mass is 16.5. The molecule has 19 heavy (non-hydrogen) atoms. The lowest BCUT2D eigenvalue weighted by Crippen LogP contribution is -2.34. The molecule has 6 heteroatoms. The van der Waals surface area contributed by atoms with Crippen LogP contribution in [0.4, 0.5) is 0 Å². The van der Waals surface area contributed by atoms with Gasteiger partial charge in [-0.3, -0.25) is 4.79 Å². The number of aliphatic carboxylic acids is 1. The van der Waals surface area contributed by atoms with Crippen molar-refractivity contribution < 1.29 is 24.2 Å². The van der Waals surface area contributed by atoms with E-state index in [0.717, 1.165) is 4.90 Å². The minimum Gasteiger partial charge on any atom is -0.497 e. The van der Waals surface area contributed by atoms with Gasteiger partial charge in [0.05, 0.1) is 14.2 Å². The van der Waals surface area contributed by atoms with Gasteiger partial charge in [0.25, 0.3) is 0 Å². The minimum absolute atomic E-state index is 0.350.